The second-order valence-corrected chi connectivity index (χ2v) is 5.59. The van der Waals surface area contributed by atoms with Gasteiger partial charge in [0, 0.05) is 12.0 Å². The lowest BCUT2D eigenvalue weighted by molar-refractivity contribution is -0.117. The van der Waals surface area contributed by atoms with Crippen LogP contribution in [-0.2, 0) is 4.79 Å². The zero-order valence-electron chi connectivity index (χ0n) is 11.4. The molecule has 0 bridgehead atoms. The van der Waals surface area contributed by atoms with E-state index < -0.39 is 0 Å². The molecular formula is C17H13N3O. The minimum absolute atomic E-state index is 0.0646. The summed E-state index contributed by atoms with van der Waals surface area (Å²) in [4.78, 5) is 19.1. The summed E-state index contributed by atoms with van der Waals surface area (Å²) < 4.78 is 2.22. The highest BCUT2D eigenvalue weighted by Crippen LogP contribution is 2.46. The average Bonchev–Trinajstić information content (AvgIpc) is 3.08. The summed E-state index contributed by atoms with van der Waals surface area (Å²) >= 11 is 0. The molecule has 1 unspecified atom stereocenters. The highest BCUT2D eigenvalue weighted by Gasteiger charge is 2.40. The predicted molar refractivity (Wildman–Crippen MR) is 80.9 cm³/mol. The second kappa shape index (κ2) is 3.73. The van der Waals surface area contributed by atoms with Crippen LogP contribution in [-0.4, -0.2) is 15.5 Å². The Morgan fingerprint density at radius 3 is 2.81 bits per heavy atom. The van der Waals surface area contributed by atoms with E-state index in [2.05, 4.69) is 16.7 Å². The fraction of sp³-hybridized carbons (Fsp3) is 0.176. The number of benzene rings is 2. The fourth-order valence-corrected chi connectivity index (χ4v) is 3.62. The molecule has 1 atom stereocenters. The first-order valence-electron chi connectivity index (χ1n) is 7.23. The smallest absolute Gasteiger partial charge is 0.228 e. The number of carbonyl (C=O) groups is 1. The van der Waals surface area contributed by atoms with Gasteiger partial charge in [-0.2, -0.15) is 0 Å². The predicted octanol–water partition coefficient (Wildman–Crippen LogP) is 3.34. The molecule has 21 heavy (non-hydrogen) atoms. The SMILES string of the molecule is O=C1CCC2N1c1ccccc1-c1nc3ccccc3n12. The molecule has 5 rings (SSSR count). The molecule has 3 aromatic rings. The van der Waals surface area contributed by atoms with E-state index in [-0.39, 0.29) is 12.1 Å². The van der Waals surface area contributed by atoms with Crippen LogP contribution in [0.15, 0.2) is 48.5 Å². The summed E-state index contributed by atoms with van der Waals surface area (Å²) in [6, 6.07) is 16.2. The summed E-state index contributed by atoms with van der Waals surface area (Å²) in [7, 11) is 0. The van der Waals surface area contributed by atoms with Gasteiger partial charge in [-0.25, -0.2) is 4.98 Å². The van der Waals surface area contributed by atoms with Gasteiger partial charge in [0.1, 0.15) is 12.0 Å². The maximum Gasteiger partial charge on any atom is 0.228 e. The van der Waals surface area contributed by atoms with Crippen LogP contribution >= 0.6 is 0 Å². The number of fused-ring (bicyclic) bond motifs is 8. The Morgan fingerprint density at radius 1 is 1.05 bits per heavy atom. The standard InChI is InChI=1S/C17H13N3O/c21-16-10-9-15-19(16)13-7-3-1-5-11(13)17-18-12-6-2-4-8-14(12)20(15)17/h1-8,15H,9-10H2. The van der Waals surface area contributed by atoms with Gasteiger partial charge < -0.3 is 4.57 Å². The van der Waals surface area contributed by atoms with Crippen LogP contribution in [0.25, 0.3) is 22.4 Å². The molecule has 0 saturated carbocycles. The zero-order chi connectivity index (χ0) is 14.0. The Morgan fingerprint density at radius 2 is 1.86 bits per heavy atom. The van der Waals surface area contributed by atoms with Crippen molar-refractivity contribution in [1.82, 2.24) is 9.55 Å². The van der Waals surface area contributed by atoms with E-state index in [0.717, 1.165) is 34.5 Å². The Labute approximate surface area is 121 Å². The molecule has 4 nitrogen and oxygen atoms in total. The quantitative estimate of drug-likeness (QED) is 0.631. The number of imidazole rings is 1. The Kier molecular flexibility index (Phi) is 1.97. The summed E-state index contributed by atoms with van der Waals surface area (Å²) in [6.07, 6.45) is 1.51. The van der Waals surface area contributed by atoms with E-state index in [1.807, 2.05) is 41.3 Å². The first-order chi connectivity index (χ1) is 10.3. The van der Waals surface area contributed by atoms with Crippen LogP contribution in [0.2, 0.25) is 0 Å². The minimum Gasteiger partial charge on any atom is -0.302 e. The van der Waals surface area contributed by atoms with Crippen LogP contribution in [0.4, 0.5) is 5.69 Å². The van der Waals surface area contributed by atoms with Gasteiger partial charge in [-0.3, -0.25) is 9.69 Å². The van der Waals surface area contributed by atoms with Crippen LogP contribution in [0.5, 0.6) is 0 Å². The van der Waals surface area contributed by atoms with E-state index in [0.29, 0.717) is 6.42 Å². The van der Waals surface area contributed by atoms with Crippen LogP contribution in [0.1, 0.15) is 19.0 Å². The topological polar surface area (TPSA) is 38.1 Å². The largest absolute Gasteiger partial charge is 0.302 e. The molecule has 2 aliphatic rings. The van der Waals surface area contributed by atoms with Crippen LogP contribution in [0.3, 0.4) is 0 Å². The normalized spacial score (nSPS) is 19.5. The molecule has 1 saturated heterocycles. The van der Waals surface area contributed by atoms with Gasteiger partial charge in [0.2, 0.25) is 5.91 Å². The first-order valence-corrected chi connectivity index (χ1v) is 7.23. The van der Waals surface area contributed by atoms with Gasteiger partial charge in [0.15, 0.2) is 0 Å². The minimum atomic E-state index is 0.0646. The Balaban J connectivity index is 1.93. The number of carbonyl (C=O) groups excluding carboxylic acids is 1. The highest BCUT2D eigenvalue weighted by atomic mass is 16.2. The van der Waals surface area contributed by atoms with Crippen molar-refractivity contribution < 1.29 is 4.79 Å². The molecule has 2 aromatic carbocycles. The summed E-state index contributed by atoms with van der Waals surface area (Å²) in [6.45, 7) is 0. The number of amides is 1. The average molecular weight is 275 g/mol. The molecular weight excluding hydrogens is 262 g/mol. The van der Waals surface area contributed by atoms with Gasteiger partial charge in [-0.05, 0) is 30.7 Å². The molecule has 2 aliphatic heterocycles. The molecule has 0 aliphatic carbocycles. The van der Waals surface area contributed by atoms with Gasteiger partial charge in [0.05, 0.1) is 16.7 Å². The Bertz CT molecular complexity index is 896. The van der Waals surface area contributed by atoms with Gasteiger partial charge in [-0.15, -0.1) is 0 Å². The van der Waals surface area contributed by atoms with Gasteiger partial charge in [0.25, 0.3) is 0 Å². The number of hydrogen-bond donors (Lipinski definition) is 0. The molecule has 0 N–H and O–H groups in total. The summed E-state index contributed by atoms with van der Waals surface area (Å²) in [5.74, 6) is 1.18. The number of nitrogens with zero attached hydrogens (tertiary/aromatic N) is 3. The van der Waals surface area contributed by atoms with Gasteiger partial charge in [-0.1, -0.05) is 24.3 Å². The lowest BCUT2D eigenvalue weighted by Crippen LogP contribution is -2.34. The van der Waals surface area contributed by atoms with Crippen molar-refractivity contribution in [3.63, 3.8) is 0 Å². The van der Waals surface area contributed by atoms with Crippen molar-refractivity contribution >= 4 is 22.6 Å². The maximum absolute atomic E-state index is 12.3. The third kappa shape index (κ3) is 1.29. The van der Waals surface area contributed by atoms with E-state index in [9.17, 15) is 4.79 Å². The third-order valence-electron chi connectivity index (χ3n) is 4.48. The van der Waals surface area contributed by atoms with Crippen molar-refractivity contribution in [3.05, 3.63) is 48.5 Å². The van der Waals surface area contributed by atoms with Crippen LogP contribution < -0.4 is 4.90 Å². The van der Waals surface area contributed by atoms with Crippen molar-refractivity contribution in [2.75, 3.05) is 4.90 Å². The van der Waals surface area contributed by atoms with E-state index in [1.165, 1.54) is 0 Å². The molecule has 102 valence electrons. The second-order valence-electron chi connectivity index (χ2n) is 5.59. The molecule has 0 spiro atoms. The number of aromatic nitrogens is 2. The third-order valence-corrected chi connectivity index (χ3v) is 4.48. The lowest BCUT2D eigenvalue weighted by atomic mass is 10.1. The number of hydrogen-bond acceptors (Lipinski definition) is 2. The molecule has 1 fully saturated rings. The molecule has 4 heteroatoms. The molecule has 1 aromatic heterocycles. The van der Waals surface area contributed by atoms with E-state index in [4.69, 9.17) is 4.98 Å². The van der Waals surface area contributed by atoms with Gasteiger partial charge >= 0.3 is 0 Å². The Hall–Kier alpha value is -2.62. The molecule has 0 radical (unpaired) electrons. The number of para-hydroxylation sites is 3. The number of anilines is 1. The van der Waals surface area contributed by atoms with Crippen molar-refractivity contribution in [2.24, 2.45) is 0 Å². The summed E-state index contributed by atoms with van der Waals surface area (Å²) in [5.41, 5.74) is 4.13. The van der Waals surface area contributed by atoms with Crippen LogP contribution in [0, 0.1) is 0 Å². The van der Waals surface area contributed by atoms with E-state index in [1.54, 1.807) is 0 Å². The zero-order valence-corrected chi connectivity index (χ0v) is 11.4. The highest BCUT2D eigenvalue weighted by molar-refractivity contribution is 6.01. The fourth-order valence-electron chi connectivity index (χ4n) is 3.62. The monoisotopic (exact) mass is 275 g/mol. The first kappa shape index (κ1) is 11.1. The molecule has 1 amide bonds. The molecule has 3 heterocycles. The summed E-state index contributed by atoms with van der Waals surface area (Å²) in [5, 5.41) is 0. The maximum atomic E-state index is 12.3. The van der Waals surface area contributed by atoms with Crippen molar-refractivity contribution in [1.29, 1.82) is 0 Å². The lowest BCUT2D eigenvalue weighted by Gasteiger charge is -2.33. The van der Waals surface area contributed by atoms with Crippen molar-refractivity contribution in [2.45, 2.75) is 19.0 Å². The number of rotatable bonds is 0. The van der Waals surface area contributed by atoms with E-state index >= 15 is 0 Å². The van der Waals surface area contributed by atoms with Crippen molar-refractivity contribution in [3.8, 4) is 11.4 Å².